The Hall–Kier alpha value is -0.890. The lowest BCUT2D eigenvalue weighted by Gasteiger charge is -2.16. The van der Waals surface area contributed by atoms with Crippen molar-refractivity contribution in [3.63, 3.8) is 0 Å². The van der Waals surface area contributed by atoms with Gasteiger partial charge in [0.05, 0.1) is 4.99 Å². The van der Waals surface area contributed by atoms with Crippen LogP contribution in [-0.4, -0.2) is 4.99 Å². The van der Waals surface area contributed by atoms with E-state index in [2.05, 4.69) is 18.2 Å². The molecule has 2 N–H and O–H groups in total. The Morgan fingerprint density at radius 1 is 1.21 bits per heavy atom. The molecule has 0 radical (unpaired) electrons. The van der Waals surface area contributed by atoms with Gasteiger partial charge in [-0.2, -0.15) is 0 Å². The van der Waals surface area contributed by atoms with Gasteiger partial charge in [-0.25, -0.2) is 0 Å². The Labute approximate surface area is 90.3 Å². The molecule has 14 heavy (non-hydrogen) atoms. The molecule has 1 aromatic carbocycles. The molecule has 0 amide bonds. The van der Waals surface area contributed by atoms with Crippen molar-refractivity contribution in [2.45, 2.75) is 32.1 Å². The van der Waals surface area contributed by atoms with Gasteiger partial charge in [-0.15, -0.1) is 0 Å². The predicted molar refractivity (Wildman–Crippen MR) is 63.6 cm³/mol. The van der Waals surface area contributed by atoms with Gasteiger partial charge in [0.25, 0.3) is 0 Å². The normalized spacial score (nSPS) is 14.9. The smallest absolute Gasteiger partial charge is 0.0771 e. The zero-order chi connectivity index (χ0) is 9.97. The van der Waals surface area contributed by atoms with Gasteiger partial charge in [0.1, 0.15) is 0 Å². The van der Waals surface area contributed by atoms with E-state index in [0.717, 1.165) is 6.42 Å². The summed E-state index contributed by atoms with van der Waals surface area (Å²) in [6.45, 7) is 0. The Morgan fingerprint density at radius 3 is 2.64 bits per heavy atom. The SMILES string of the molecule is NC(=S)Cc1ccc2c(c1)CCCC2. The molecule has 2 rings (SSSR count). The molecule has 1 nitrogen and oxygen atoms in total. The van der Waals surface area contributed by atoms with Crippen LogP contribution in [0.5, 0.6) is 0 Å². The first kappa shape index (κ1) is 9.66. The van der Waals surface area contributed by atoms with Crippen LogP contribution in [0.15, 0.2) is 18.2 Å². The summed E-state index contributed by atoms with van der Waals surface area (Å²) in [6, 6.07) is 6.67. The van der Waals surface area contributed by atoms with E-state index in [1.165, 1.54) is 42.4 Å². The molecule has 0 saturated heterocycles. The van der Waals surface area contributed by atoms with Crippen LogP contribution in [0.4, 0.5) is 0 Å². The van der Waals surface area contributed by atoms with Crippen molar-refractivity contribution in [1.82, 2.24) is 0 Å². The maximum Gasteiger partial charge on any atom is 0.0771 e. The summed E-state index contributed by atoms with van der Waals surface area (Å²) in [5.74, 6) is 0. The number of benzene rings is 1. The predicted octanol–water partition coefficient (Wildman–Crippen LogP) is 2.39. The molecule has 0 spiro atoms. The monoisotopic (exact) mass is 205 g/mol. The van der Waals surface area contributed by atoms with Crippen LogP contribution < -0.4 is 5.73 Å². The number of fused-ring (bicyclic) bond motifs is 1. The fourth-order valence-electron chi connectivity index (χ4n) is 2.10. The lowest BCUT2D eigenvalue weighted by atomic mass is 9.90. The van der Waals surface area contributed by atoms with Crippen LogP contribution >= 0.6 is 12.2 Å². The summed E-state index contributed by atoms with van der Waals surface area (Å²) in [5.41, 5.74) is 9.82. The van der Waals surface area contributed by atoms with Crippen LogP contribution in [0, 0.1) is 0 Å². The second kappa shape index (κ2) is 4.09. The first-order chi connectivity index (χ1) is 6.75. The molecular weight excluding hydrogens is 190 g/mol. The van der Waals surface area contributed by atoms with Gasteiger partial charge < -0.3 is 5.73 Å². The standard InChI is InChI=1S/C12H15NS/c13-12(14)8-9-5-6-10-3-1-2-4-11(10)7-9/h5-7H,1-4,8H2,(H2,13,14). The molecule has 74 valence electrons. The van der Waals surface area contributed by atoms with Gasteiger partial charge in [-0.05, 0) is 42.4 Å². The molecule has 0 bridgehead atoms. The fourth-order valence-corrected chi connectivity index (χ4v) is 2.26. The van der Waals surface area contributed by atoms with Crippen LogP contribution in [-0.2, 0) is 19.3 Å². The highest BCUT2D eigenvalue weighted by atomic mass is 32.1. The average Bonchev–Trinajstić information content (AvgIpc) is 2.17. The van der Waals surface area contributed by atoms with Crippen LogP contribution in [0.2, 0.25) is 0 Å². The maximum atomic E-state index is 5.53. The quantitative estimate of drug-likeness (QED) is 0.750. The van der Waals surface area contributed by atoms with Crippen molar-refractivity contribution in [1.29, 1.82) is 0 Å². The van der Waals surface area contributed by atoms with Gasteiger partial charge in [-0.3, -0.25) is 0 Å². The third kappa shape index (κ3) is 2.13. The first-order valence-electron chi connectivity index (χ1n) is 5.15. The number of hydrogen-bond donors (Lipinski definition) is 1. The Bertz CT molecular complexity index is 357. The van der Waals surface area contributed by atoms with Gasteiger partial charge in [0.2, 0.25) is 0 Å². The number of nitrogens with two attached hydrogens (primary N) is 1. The third-order valence-electron chi connectivity index (χ3n) is 2.79. The van der Waals surface area contributed by atoms with E-state index < -0.39 is 0 Å². The van der Waals surface area contributed by atoms with Crippen molar-refractivity contribution < 1.29 is 0 Å². The van der Waals surface area contributed by atoms with E-state index >= 15 is 0 Å². The second-order valence-electron chi connectivity index (χ2n) is 3.95. The highest BCUT2D eigenvalue weighted by Gasteiger charge is 2.09. The molecule has 1 aliphatic rings. The Morgan fingerprint density at radius 2 is 1.93 bits per heavy atom. The van der Waals surface area contributed by atoms with E-state index in [1.807, 2.05) is 0 Å². The van der Waals surface area contributed by atoms with Crippen LogP contribution in [0.1, 0.15) is 29.5 Å². The van der Waals surface area contributed by atoms with Crippen molar-refractivity contribution >= 4 is 17.2 Å². The third-order valence-corrected chi connectivity index (χ3v) is 2.94. The number of rotatable bonds is 2. The Kier molecular flexibility index (Phi) is 2.82. The second-order valence-corrected chi connectivity index (χ2v) is 4.48. The molecule has 1 aliphatic carbocycles. The largest absolute Gasteiger partial charge is 0.393 e. The molecular formula is C12H15NS. The zero-order valence-corrected chi connectivity index (χ0v) is 9.07. The lowest BCUT2D eigenvalue weighted by Crippen LogP contribution is -2.12. The molecule has 0 aliphatic heterocycles. The molecule has 0 unspecified atom stereocenters. The summed E-state index contributed by atoms with van der Waals surface area (Å²) in [6.07, 6.45) is 5.86. The molecule has 0 atom stereocenters. The van der Waals surface area contributed by atoms with E-state index in [9.17, 15) is 0 Å². The summed E-state index contributed by atoms with van der Waals surface area (Å²) in [5, 5.41) is 0. The van der Waals surface area contributed by atoms with Crippen molar-refractivity contribution in [2.75, 3.05) is 0 Å². The molecule has 0 fully saturated rings. The molecule has 1 aromatic rings. The molecule has 2 heteroatoms. The van der Waals surface area contributed by atoms with Crippen LogP contribution in [0.25, 0.3) is 0 Å². The highest BCUT2D eigenvalue weighted by Crippen LogP contribution is 2.22. The Balaban J connectivity index is 2.24. The fraction of sp³-hybridized carbons (Fsp3) is 0.417. The summed E-state index contributed by atoms with van der Waals surface area (Å²) in [4.78, 5) is 0.584. The van der Waals surface area contributed by atoms with E-state index in [-0.39, 0.29) is 0 Å². The lowest BCUT2D eigenvalue weighted by molar-refractivity contribution is 0.685. The zero-order valence-electron chi connectivity index (χ0n) is 8.25. The first-order valence-corrected chi connectivity index (χ1v) is 5.55. The number of thiocarbonyl (C=S) groups is 1. The van der Waals surface area contributed by atoms with Gasteiger partial charge in [0.15, 0.2) is 0 Å². The highest BCUT2D eigenvalue weighted by molar-refractivity contribution is 7.80. The minimum Gasteiger partial charge on any atom is -0.393 e. The minimum atomic E-state index is 0.584. The minimum absolute atomic E-state index is 0.584. The summed E-state index contributed by atoms with van der Waals surface area (Å²) < 4.78 is 0. The van der Waals surface area contributed by atoms with Gasteiger partial charge in [0, 0.05) is 6.42 Å². The number of hydrogen-bond acceptors (Lipinski definition) is 1. The maximum absolute atomic E-state index is 5.53. The van der Waals surface area contributed by atoms with Crippen molar-refractivity contribution in [3.8, 4) is 0 Å². The van der Waals surface area contributed by atoms with E-state index in [0.29, 0.717) is 4.99 Å². The van der Waals surface area contributed by atoms with Crippen molar-refractivity contribution in [3.05, 3.63) is 34.9 Å². The average molecular weight is 205 g/mol. The molecule has 0 heterocycles. The topological polar surface area (TPSA) is 26.0 Å². The molecule has 0 saturated carbocycles. The van der Waals surface area contributed by atoms with Crippen molar-refractivity contribution in [2.24, 2.45) is 5.73 Å². The van der Waals surface area contributed by atoms with E-state index in [1.54, 1.807) is 0 Å². The van der Waals surface area contributed by atoms with Crippen LogP contribution in [0.3, 0.4) is 0 Å². The summed E-state index contributed by atoms with van der Waals surface area (Å²) in [7, 11) is 0. The number of aryl methyl sites for hydroxylation is 2. The van der Waals surface area contributed by atoms with Gasteiger partial charge in [-0.1, -0.05) is 30.4 Å². The van der Waals surface area contributed by atoms with Gasteiger partial charge >= 0.3 is 0 Å². The van der Waals surface area contributed by atoms with E-state index in [4.69, 9.17) is 18.0 Å². The summed E-state index contributed by atoms with van der Waals surface area (Å²) >= 11 is 4.91. The molecule has 0 aromatic heterocycles.